The van der Waals surface area contributed by atoms with Gasteiger partial charge in [-0.3, -0.25) is 4.79 Å². The smallest absolute Gasteiger partial charge is 0.297 e. The molecule has 0 radical (unpaired) electrons. The minimum absolute atomic E-state index is 0.324. The van der Waals surface area contributed by atoms with Crippen LogP contribution in [0, 0.1) is 0 Å². The van der Waals surface area contributed by atoms with Gasteiger partial charge in [0, 0.05) is 10.9 Å². The summed E-state index contributed by atoms with van der Waals surface area (Å²) in [5, 5.41) is 0. The second-order valence-corrected chi connectivity index (χ2v) is 3.60. The van der Waals surface area contributed by atoms with Crippen LogP contribution in [0.2, 0.25) is 0 Å². The van der Waals surface area contributed by atoms with Crippen LogP contribution in [0.5, 0.6) is 0 Å². The molecule has 1 aromatic carbocycles. The lowest BCUT2D eigenvalue weighted by Gasteiger charge is -2.07. The molecular formula is C9H7BrF2O. The SMILES string of the molecule is O=CC(F)(F)Cc1ccc(Br)cc1. The summed E-state index contributed by atoms with van der Waals surface area (Å²) in [5.74, 6) is -3.26. The summed E-state index contributed by atoms with van der Waals surface area (Å²) in [6.07, 6.45) is -0.862. The summed E-state index contributed by atoms with van der Waals surface area (Å²) < 4.78 is 25.9. The number of hydrogen-bond acceptors (Lipinski definition) is 1. The van der Waals surface area contributed by atoms with Gasteiger partial charge in [-0.05, 0) is 17.7 Å². The van der Waals surface area contributed by atoms with Gasteiger partial charge >= 0.3 is 5.92 Å². The molecule has 0 saturated carbocycles. The Morgan fingerprint density at radius 2 is 1.85 bits per heavy atom. The molecule has 1 rings (SSSR count). The zero-order valence-corrected chi connectivity index (χ0v) is 8.22. The van der Waals surface area contributed by atoms with Crippen LogP contribution in [-0.2, 0) is 11.2 Å². The Hall–Kier alpha value is -0.770. The van der Waals surface area contributed by atoms with E-state index in [1.807, 2.05) is 0 Å². The minimum Gasteiger partial charge on any atom is -0.297 e. The Kier molecular flexibility index (Phi) is 3.14. The van der Waals surface area contributed by atoms with E-state index in [4.69, 9.17) is 0 Å². The third kappa shape index (κ3) is 3.22. The molecule has 70 valence electrons. The third-order valence-electron chi connectivity index (χ3n) is 1.53. The number of benzene rings is 1. The monoisotopic (exact) mass is 248 g/mol. The fraction of sp³-hybridized carbons (Fsp3) is 0.222. The van der Waals surface area contributed by atoms with Crippen LogP contribution in [0.1, 0.15) is 5.56 Å². The Balaban J connectivity index is 2.75. The van der Waals surface area contributed by atoms with Crippen LogP contribution < -0.4 is 0 Å². The van der Waals surface area contributed by atoms with Gasteiger partial charge in [-0.2, -0.15) is 8.78 Å². The molecule has 0 aliphatic heterocycles. The molecule has 0 spiro atoms. The van der Waals surface area contributed by atoms with Crippen molar-refractivity contribution in [2.24, 2.45) is 0 Å². The van der Waals surface area contributed by atoms with Crippen molar-refractivity contribution >= 4 is 22.2 Å². The molecule has 0 unspecified atom stereocenters. The van der Waals surface area contributed by atoms with Gasteiger partial charge in [0.2, 0.25) is 0 Å². The molecule has 13 heavy (non-hydrogen) atoms. The molecule has 1 aromatic rings. The van der Waals surface area contributed by atoms with E-state index < -0.39 is 12.3 Å². The average Bonchev–Trinajstić information content (AvgIpc) is 2.09. The molecule has 0 N–H and O–H groups in total. The fourth-order valence-electron chi connectivity index (χ4n) is 0.916. The molecule has 0 fully saturated rings. The fourth-order valence-corrected chi connectivity index (χ4v) is 1.18. The van der Waals surface area contributed by atoms with E-state index in [1.165, 1.54) is 0 Å². The average molecular weight is 249 g/mol. The topological polar surface area (TPSA) is 17.1 Å². The van der Waals surface area contributed by atoms with E-state index >= 15 is 0 Å². The standard InChI is InChI=1S/C9H7BrF2O/c10-8-3-1-7(2-4-8)5-9(11,12)6-13/h1-4,6H,5H2. The van der Waals surface area contributed by atoms with Crippen LogP contribution in [0.4, 0.5) is 8.78 Å². The molecular weight excluding hydrogens is 242 g/mol. The van der Waals surface area contributed by atoms with E-state index in [0.717, 1.165) is 4.47 Å². The highest BCUT2D eigenvalue weighted by Crippen LogP contribution is 2.19. The first-order valence-corrected chi connectivity index (χ1v) is 4.41. The van der Waals surface area contributed by atoms with Crippen molar-refractivity contribution in [1.82, 2.24) is 0 Å². The van der Waals surface area contributed by atoms with Crippen LogP contribution in [-0.4, -0.2) is 12.2 Å². The molecule has 0 aliphatic rings. The number of carbonyl (C=O) groups is 1. The molecule has 4 heteroatoms. The van der Waals surface area contributed by atoms with E-state index in [0.29, 0.717) is 5.56 Å². The zero-order valence-electron chi connectivity index (χ0n) is 6.64. The Bertz CT molecular complexity index is 295. The maximum atomic E-state index is 12.6. The number of aldehydes is 1. The highest BCUT2D eigenvalue weighted by atomic mass is 79.9. The van der Waals surface area contributed by atoms with Crippen molar-refractivity contribution in [3.05, 3.63) is 34.3 Å². The minimum atomic E-state index is -3.26. The van der Waals surface area contributed by atoms with Crippen LogP contribution >= 0.6 is 15.9 Å². The predicted molar refractivity (Wildman–Crippen MR) is 48.9 cm³/mol. The van der Waals surface area contributed by atoms with Crippen LogP contribution in [0.25, 0.3) is 0 Å². The van der Waals surface area contributed by atoms with Gasteiger partial charge in [0.15, 0.2) is 6.29 Å². The van der Waals surface area contributed by atoms with Crippen LogP contribution in [0.3, 0.4) is 0 Å². The summed E-state index contributed by atoms with van der Waals surface area (Å²) in [5.41, 5.74) is 0.445. The van der Waals surface area contributed by atoms with E-state index in [2.05, 4.69) is 15.9 Å². The largest absolute Gasteiger partial charge is 0.306 e. The molecule has 0 amide bonds. The molecule has 0 aromatic heterocycles. The molecule has 0 atom stereocenters. The summed E-state index contributed by atoms with van der Waals surface area (Å²) in [7, 11) is 0. The number of rotatable bonds is 3. The Morgan fingerprint density at radius 3 is 2.31 bits per heavy atom. The highest BCUT2D eigenvalue weighted by Gasteiger charge is 2.27. The van der Waals surface area contributed by atoms with Gasteiger partial charge in [0.1, 0.15) is 0 Å². The van der Waals surface area contributed by atoms with Crippen molar-refractivity contribution in [3.63, 3.8) is 0 Å². The van der Waals surface area contributed by atoms with E-state index in [9.17, 15) is 13.6 Å². The number of carbonyl (C=O) groups excluding carboxylic acids is 1. The second-order valence-electron chi connectivity index (χ2n) is 2.68. The Morgan fingerprint density at radius 1 is 1.31 bits per heavy atom. The summed E-state index contributed by atoms with van der Waals surface area (Å²) >= 11 is 3.19. The summed E-state index contributed by atoms with van der Waals surface area (Å²) in [6, 6.07) is 6.44. The molecule has 0 bridgehead atoms. The van der Waals surface area contributed by atoms with Gasteiger partial charge in [-0.15, -0.1) is 0 Å². The van der Waals surface area contributed by atoms with Crippen LogP contribution in [0.15, 0.2) is 28.7 Å². The first-order valence-electron chi connectivity index (χ1n) is 3.62. The second kappa shape index (κ2) is 3.96. The van der Waals surface area contributed by atoms with E-state index in [-0.39, 0.29) is 6.29 Å². The first kappa shape index (κ1) is 10.3. The van der Waals surface area contributed by atoms with Crippen molar-refractivity contribution in [3.8, 4) is 0 Å². The number of alkyl halides is 2. The van der Waals surface area contributed by atoms with Gasteiger partial charge in [-0.25, -0.2) is 0 Å². The van der Waals surface area contributed by atoms with Gasteiger partial charge in [0.25, 0.3) is 0 Å². The van der Waals surface area contributed by atoms with Gasteiger partial charge in [-0.1, -0.05) is 28.1 Å². The Labute approximate surface area is 82.9 Å². The van der Waals surface area contributed by atoms with Gasteiger partial charge in [0.05, 0.1) is 0 Å². The number of hydrogen-bond donors (Lipinski definition) is 0. The zero-order chi connectivity index (χ0) is 9.90. The normalized spacial score (nSPS) is 11.3. The highest BCUT2D eigenvalue weighted by molar-refractivity contribution is 9.10. The van der Waals surface area contributed by atoms with Crippen molar-refractivity contribution < 1.29 is 13.6 Å². The molecule has 1 nitrogen and oxygen atoms in total. The summed E-state index contributed by atoms with van der Waals surface area (Å²) in [4.78, 5) is 9.94. The third-order valence-corrected chi connectivity index (χ3v) is 2.05. The van der Waals surface area contributed by atoms with E-state index in [1.54, 1.807) is 24.3 Å². The molecule has 0 aliphatic carbocycles. The number of halogens is 3. The lowest BCUT2D eigenvalue weighted by atomic mass is 10.1. The maximum absolute atomic E-state index is 12.6. The predicted octanol–water partition coefficient (Wildman–Crippen LogP) is 2.83. The lowest BCUT2D eigenvalue weighted by molar-refractivity contribution is -0.128. The first-order chi connectivity index (χ1) is 6.03. The van der Waals surface area contributed by atoms with Gasteiger partial charge < -0.3 is 0 Å². The van der Waals surface area contributed by atoms with Crippen molar-refractivity contribution in [2.75, 3.05) is 0 Å². The molecule has 0 heterocycles. The summed E-state index contributed by atoms with van der Waals surface area (Å²) in [6.45, 7) is 0. The van der Waals surface area contributed by atoms with Crippen molar-refractivity contribution in [2.45, 2.75) is 12.3 Å². The lowest BCUT2D eigenvalue weighted by Crippen LogP contribution is -2.20. The van der Waals surface area contributed by atoms with Crippen molar-refractivity contribution in [1.29, 1.82) is 0 Å². The quantitative estimate of drug-likeness (QED) is 0.753. The molecule has 0 saturated heterocycles. The maximum Gasteiger partial charge on any atom is 0.306 e.